The molecule has 146 valence electrons. The predicted octanol–water partition coefficient (Wildman–Crippen LogP) is 2.34. The smallest absolute Gasteiger partial charge is 0.276 e. The zero-order chi connectivity index (χ0) is 19.6. The standard InChI is InChI=1S/C19H17N7O2S/c27-19(14-11-15(28-23-14)16-3-1-10-29-16)25-8-6-24(7-9-25)17-12-18(21-13-20-17)26-5-2-4-22-26/h1-5,10-13H,6-9H2. The lowest BCUT2D eigenvalue weighted by atomic mass is 10.2. The first-order valence-corrected chi connectivity index (χ1v) is 10.0. The summed E-state index contributed by atoms with van der Waals surface area (Å²) in [7, 11) is 0. The fraction of sp³-hybridized carbons (Fsp3) is 0.211. The highest BCUT2D eigenvalue weighted by Gasteiger charge is 2.25. The largest absolute Gasteiger partial charge is 0.355 e. The van der Waals surface area contributed by atoms with Gasteiger partial charge in [-0.1, -0.05) is 11.2 Å². The predicted molar refractivity (Wildman–Crippen MR) is 107 cm³/mol. The molecule has 5 heterocycles. The van der Waals surface area contributed by atoms with Crippen molar-refractivity contribution in [2.24, 2.45) is 0 Å². The molecule has 1 saturated heterocycles. The molecule has 1 aliphatic rings. The number of nitrogens with zero attached hydrogens (tertiary/aromatic N) is 7. The van der Waals surface area contributed by atoms with E-state index in [1.807, 2.05) is 35.8 Å². The van der Waals surface area contributed by atoms with E-state index in [1.165, 1.54) is 6.33 Å². The van der Waals surface area contributed by atoms with Gasteiger partial charge in [-0.2, -0.15) is 5.10 Å². The molecule has 0 aliphatic carbocycles. The third-order valence-corrected chi connectivity index (χ3v) is 5.65. The number of amides is 1. The number of hydrogen-bond acceptors (Lipinski definition) is 8. The minimum atomic E-state index is -0.115. The van der Waals surface area contributed by atoms with Crippen LogP contribution in [0.4, 0.5) is 5.82 Å². The Labute approximate surface area is 170 Å². The van der Waals surface area contributed by atoms with Gasteiger partial charge < -0.3 is 14.3 Å². The minimum absolute atomic E-state index is 0.115. The van der Waals surface area contributed by atoms with Crippen molar-refractivity contribution in [2.45, 2.75) is 0 Å². The van der Waals surface area contributed by atoms with E-state index in [-0.39, 0.29) is 5.91 Å². The average Bonchev–Trinajstić information content (AvgIpc) is 3.55. The van der Waals surface area contributed by atoms with Crippen molar-refractivity contribution < 1.29 is 9.32 Å². The van der Waals surface area contributed by atoms with Crippen LogP contribution in [0.1, 0.15) is 10.5 Å². The summed E-state index contributed by atoms with van der Waals surface area (Å²) in [5.41, 5.74) is 0.338. The van der Waals surface area contributed by atoms with Crippen molar-refractivity contribution in [2.75, 3.05) is 31.1 Å². The Morgan fingerprint density at radius 3 is 2.69 bits per heavy atom. The van der Waals surface area contributed by atoms with Gasteiger partial charge in [0.15, 0.2) is 17.3 Å². The summed E-state index contributed by atoms with van der Waals surface area (Å²) >= 11 is 1.55. The number of carbonyl (C=O) groups excluding carboxylic acids is 1. The van der Waals surface area contributed by atoms with Crippen LogP contribution < -0.4 is 4.90 Å². The molecule has 29 heavy (non-hydrogen) atoms. The molecule has 0 bridgehead atoms. The SMILES string of the molecule is O=C(c1cc(-c2cccs2)on1)N1CCN(c2cc(-n3cccn3)ncn2)CC1. The van der Waals surface area contributed by atoms with E-state index in [0.29, 0.717) is 43.5 Å². The van der Waals surface area contributed by atoms with Crippen molar-refractivity contribution >= 4 is 23.1 Å². The maximum Gasteiger partial charge on any atom is 0.276 e. The van der Waals surface area contributed by atoms with Gasteiger partial charge in [0.05, 0.1) is 4.88 Å². The van der Waals surface area contributed by atoms with E-state index in [0.717, 1.165) is 10.7 Å². The van der Waals surface area contributed by atoms with E-state index in [2.05, 4.69) is 25.1 Å². The van der Waals surface area contributed by atoms with Crippen LogP contribution in [-0.4, -0.2) is 61.9 Å². The molecular weight excluding hydrogens is 390 g/mol. The molecule has 0 spiro atoms. The van der Waals surface area contributed by atoms with Crippen molar-refractivity contribution in [1.29, 1.82) is 0 Å². The fourth-order valence-corrected chi connectivity index (χ4v) is 3.92. The number of hydrogen-bond donors (Lipinski definition) is 0. The number of thiophene rings is 1. The van der Waals surface area contributed by atoms with Gasteiger partial charge in [-0.15, -0.1) is 11.3 Å². The highest BCUT2D eigenvalue weighted by Crippen LogP contribution is 2.26. The van der Waals surface area contributed by atoms with Crippen LogP contribution in [0.15, 0.2) is 59.0 Å². The molecule has 9 nitrogen and oxygen atoms in total. The third kappa shape index (κ3) is 3.49. The van der Waals surface area contributed by atoms with Crippen LogP contribution in [0, 0.1) is 0 Å². The maximum atomic E-state index is 12.8. The number of rotatable bonds is 4. The molecule has 0 saturated carbocycles. The third-order valence-electron chi connectivity index (χ3n) is 4.76. The van der Waals surface area contributed by atoms with Crippen LogP contribution in [0.2, 0.25) is 0 Å². The van der Waals surface area contributed by atoms with Gasteiger partial charge >= 0.3 is 0 Å². The number of piperazine rings is 1. The Hall–Kier alpha value is -3.53. The number of anilines is 1. The van der Waals surface area contributed by atoms with Crippen molar-refractivity contribution in [3.8, 4) is 16.5 Å². The fourth-order valence-electron chi connectivity index (χ4n) is 3.25. The van der Waals surface area contributed by atoms with Crippen molar-refractivity contribution in [3.63, 3.8) is 0 Å². The first kappa shape index (κ1) is 17.6. The summed E-state index contributed by atoms with van der Waals surface area (Å²) in [4.78, 5) is 26.3. The van der Waals surface area contributed by atoms with Gasteiger partial charge in [0.1, 0.15) is 12.1 Å². The molecule has 5 rings (SSSR count). The first-order chi connectivity index (χ1) is 14.3. The summed E-state index contributed by atoms with van der Waals surface area (Å²) in [6, 6.07) is 9.34. The van der Waals surface area contributed by atoms with E-state index in [9.17, 15) is 4.79 Å². The lowest BCUT2D eigenvalue weighted by Crippen LogP contribution is -2.49. The first-order valence-electron chi connectivity index (χ1n) is 9.15. The lowest BCUT2D eigenvalue weighted by Gasteiger charge is -2.35. The van der Waals surface area contributed by atoms with Crippen LogP contribution in [0.25, 0.3) is 16.5 Å². The molecule has 0 radical (unpaired) electrons. The Balaban J connectivity index is 1.25. The normalized spacial score (nSPS) is 14.3. The molecule has 1 aliphatic heterocycles. The highest BCUT2D eigenvalue weighted by molar-refractivity contribution is 7.13. The van der Waals surface area contributed by atoms with Gasteiger partial charge in [-0.05, 0) is 17.5 Å². The van der Waals surface area contributed by atoms with Gasteiger partial charge in [0.25, 0.3) is 5.91 Å². The van der Waals surface area contributed by atoms with Gasteiger partial charge in [-0.3, -0.25) is 4.79 Å². The molecule has 1 fully saturated rings. The molecule has 4 aromatic heterocycles. The molecule has 1 amide bonds. The zero-order valence-electron chi connectivity index (χ0n) is 15.4. The Kier molecular flexibility index (Phi) is 4.53. The quantitative estimate of drug-likeness (QED) is 0.513. The van der Waals surface area contributed by atoms with E-state index < -0.39 is 0 Å². The summed E-state index contributed by atoms with van der Waals surface area (Å²) in [6.45, 7) is 2.52. The molecule has 10 heteroatoms. The number of aromatic nitrogens is 5. The van der Waals surface area contributed by atoms with Crippen molar-refractivity contribution in [3.05, 3.63) is 60.1 Å². The van der Waals surface area contributed by atoms with E-state index in [4.69, 9.17) is 4.52 Å². The average molecular weight is 407 g/mol. The lowest BCUT2D eigenvalue weighted by molar-refractivity contribution is 0.0736. The van der Waals surface area contributed by atoms with Crippen LogP contribution in [0.3, 0.4) is 0 Å². The molecule has 0 aromatic carbocycles. The Morgan fingerprint density at radius 1 is 1.07 bits per heavy atom. The maximum absolute atomic E-state index is 12.8. The summed E-state index contributed by atoms with van der Waals surface area (Å²) in [6.07, 6.45) is 5.08. The Bertz CT molecular complexity index is 1100. The van der Waals surface area contributed by atoms with Gasteiger partial charge in [-0.25, -0.2) is 14.6 Å². The van der Waals surface area contributed by atoms with Gasteiger partial charge in [0.2, 0.25) is 0 Å². The second-order valence-electron chi connectivity index (χ2n) is 6.52. The molecule has 0 N–H and O–H groups in total. The Morgan fingerprint density at radius 2 is 1.93 bits per heavy atom. The molecule has 0 atom stereocenters. The van der Waals surface area contributed by atoms with Crippen LogP contribution >= 0.6 is 11.3 Å². The second kappa shape index (κ2) is 7.47. The zero-order valence-corrected chi connectivity index (χ0v) is 16.2. The van der Waals surface area contributed by atoms with Crippen molar-refractivity contribution in [1.82, 2.24) is 29.8 Å². The minimum Gasteiger partial charge on any atom is -0.355 e. The highest BCUT2D eigenvalue weighted by atomic mass is 32.1. The molecular formula is C19H17N7O2S. The molecule has 4 aromatic rings. The monoisotopic (exact) mass is 407 g/mol. The van der Waals surface area contributed by atoms with E-state index >= 15 is 0 Å². The van der Waals surface area contributed by atoms with E-state index in [1.54, 1.807) is 33.2 Å². The topological polar surface area (TPSA) is 93.2 Å². The van der Waals surface area contributed by atoms with Crippen LogP contribution in [-0.2, 0) is 0 Å². The molecule has 0 unspecified atom stereocenters. The summed E-state index contributed by atoms with van der Waals surface area (Å²) in [5.74, 6) is 2.03. The van der Waals surface area contributed by atoms with Crippen LogP contribution in [0.5, 0.6) is 0 Å². The summed E-state index contributed by atoms with van der Waals surface area (Å²) in [5, 5.41) is 10.1. The second-order valence-corrected chi connectivity index (χ2v) is 7.47. The summed E-state index contributed by atoms with van der Waals surface area (Å²) < 4.78 is 7.03. The van der Waals surface area contributed by atoms with Gasteiger partial charge in [0, 0.05) is 50.7 Å². The number of carbonyl (C=O) groups is 1.